The van der Waals surface area contributed by atoms with Gasteiger partial charge in [0.15, 0.2) is 0 Å². The molecule has 3 heteroatoms. The summed E-state index contributed by atoms with van der Waals surface area (Å²) in [5.74, 6) is 0. The maximum Gasteiger partial charge on any atom is 0.0814 e. The maximum atomic E-state index is 8.92. The molecule has 1 aromatic rings. The van der Waals surface area contributed by atoms with Crippen molar-refractivity contribution in [1.82, 2.24) is 0 Å². The molecule has 88 valence electrons. The summed E-state index contributed by atoms with van der Waals surface area (Å²) in [5, 5.41) is 8.92. The van der Waals surface area contributed by atoms with E-state index in [0.717, 1.165) is 12.8 Å². The molecule has 1 N–H and O–H groups in total. The number of hydrogen-bond acceptors (Lipinski definition) is 3. The van der Waals surface area contributed by atoms with Crippen LogP contribution in [-0.4, -0.2) is 30.5 Å². The van der Waals surface area contributed by atoms with Crippen LogP contribution >= 0.6 is 0 Å². The van der Waals surface area contributed by atoms with Gasteiger partial charge in [0.25, 0.3) is 0 Å². The summed E-state index contributed by atoms with van der Waals surface area (Å²) < 4.78 is 11.2. The van der Waals surface area contributed by atoms with Crippen LogP contribution < -0.4 is 0 Å². The van der Waals surface area contributed by atoms with E-state index in [1.807, 2.05) is 30.3 Å². The van der Waals surface area contributed by atoms with Gasteiger partial charge in [0.1, 0.15) is 0 Å². The predicted octanol–water partition coefficient (Wildman–Crippen LogP) is 1.74. The molecule has 1 aliphatic heterocycles. The number of ether oxygens (including phenoxy) is 2. The molecule has 3 nitrogen and oxygen atoms in total. The molecule has 2 atom stereocenters. The van der Waals surface area contributed by atoms with Crippen LogP contribution in [0.4, 0.5) is 0 Å². The van der Waals surface area contributed by atoms with Crippen molar-refractivity contribution < 1.29 is 14.6 Å². The minimum absolute atomic E-state index is 0.0188. The molecule has 1 aliphatic rings. The molecule has 0 unspecified atom stereocenters. The van der Waals surface area contributed by atoms with Crippen molar-refractivity contribution in [2.45, 2.75) is 31.7 Å². The third kappa shape index (κ3) is 3.30. The molecular formula is C13H18O3. The number of rotatable bonds is 5. The Morgan fingerprint density at radius 3 is 2.62 bits per heavy atom. The fourth-order valence-electron chi connectivity index (χ4n) is 1.92. The highest BCUT2D eigenvalue weighted by atomic mass is 16.5. The van der Waals surface area contributed by atoms with E-state index in [4.69, 9.17) is 14.6 Å². The molecule has 0 aliphatic carbocycles. The Balaban J connectivity index is 1.65. The van der Waals surface area contributed by atoms with E-state index in [-0.39, 0.29) is 18.8 Å². The Kier molecular flexibility index (Phi) is 4.34. The Morgan fingerprint density at radius 2 is 1.94 bits per heavy atom. The van der Waals surface area contributed by atoms with Gasteiger partial charge in [-0.25, -0.2) is 0 Å². The van der Waals surface area contributed by atoms with Crippen LogP contribution in [0.1, 0.15) is 18.4 Å². The van der Waals surface area contributed by atoms with Gasteiger partial charge in [-0.15, -0.1) is 0 Å². The van der Waals surface area contributed by atoms with Crippen molar-refractivity contribution in [3.05, 3.63) is 35.9 Å². The zero-order valence-electron chi connectivity index (χ0n) is 9.34. The molecule has 1 fully saturated rings. The summed E-state index contributed by atoms with van der Waals surface area (Å²) in [6, 6.07) is 10.1. The fourth-order valence-corrected chi connectivity index (χ4v) is 1.92. The van der Waals surface area contributed by atoms with E-state index >= 15 is 0 Å². The van der Waals surface area contributed by atoms with Gasteiger partial charge in [-0.1, -0.05) is 30.3 Å². The minimum atomic E-state index is 0.0188. The fraction of sp³-hybridized carbons (Fsp3) is 0.538. The Labute approximate surface area is 96.0 Å². The Hall–Kier alpha value is -0.900. The summed E-state index contributed by atoms with van der Waals surface area (Å²) >= 11 is 0. The number of benzene rings is 1. The lowest BCUT2D eigenvalue weighted by atomic mass is 10.2. The summed E-state index contributed by atoms with van der Waals surface area (Å²) in [4.78, 5) is 0. The number of aliphatic hydroxyl groups is 1. The first-order valence-electron chi connectivity index (χ1n) is 5.76. The first-order valence-corrected chi connectivity index (χ1v) is 5.76. The third-order valence-electron chi connectivity index (χ3n) is 2.81. The molecule has 0 radical (unpaired) electrons. The van der Waals surface area contributed by atoms with E-state index in [9.17, 15) is 0 Å². The zero-order valence-corrected chi connectivity index (χ0v) is 9.34. The first kappa shape index (κ1) is 11.6. The van der Waals surface area contributed by atoms with Gasteiger partial charge in [-0.3, -0.25) is 0 Å². The molecule has 16 heavy (non-hydrogen) atoms. The van der Waals surface area contributed by atoms with E-state index in [1.54, 1.807) is 0 Å². The van der Waals surface area contributed by atoms with Crippen molar-refractivity contribution in [3.63, 3.8) is 0 Å². The lowest BCUT2D eigenvalue weighted by molar-refractivity contribution is -0.0350. The number of hydrogen-bond donors (Lipinski definition) is 1. The summed E-state index contributed by atoms with van der Waals surface area (Å²) in [6.07, 6.45) is 2.10. The standard InChI is InChI=1S/C13H18O3/c14-8-12-6-7-13(16-12)10-15-9-11-4-2-1-3-5-11/h1-5,12-14H,6-10H2/t12-,13+/m0/s1. The second-order valence-electron chi connectivity index (χ2n) is 4.14. The largest absolute Gasteiger partial charge is 0.394 e. The van der Waals surface area contributed by atoms with Crippen LogP contribution in [0.2, 0.25) is 0 Å². The van der Waals surface area contributed by atoms with E-state index < -0.39 is 0 Å². The Morgan fingerprint density at radius 1 is 1.19 bits per heavy atom. The molecule has 0 aromatic heterocycles. The molecule has 1 saturated heterocycles. The van der Waals surface area contributed by atoms with Gasteiger partial charge in [-0.2, -0.15) is 0 Å². The van der Waals surface area contributed by atoms with Gasteiger partial charge in [0.05, 0.1) is 32.0 Å². The molecule has 2 rings (SSSR count). The quantitative estimate of drug-likeness (QED) is 0.824. The molecule has 0 saturated carbocycles. The highest BCUT2D eigenvalue weighted by molar-refractivity contribution is 5.13. The van der Waals surface area contributed by atoms with Crippen LogP contribution in [0, 0.1) is 0 Å². The molecule has 0 bridgehead atoms. The van der Waals surface area contributed by atoms with Gasteiger partial charge in [-0.05, 0) is 18.4 Å². The zero-order chi connectivity index (χ0) is 11.2. The van der Waals surface area contributed by atoms with Crippen LogP contribution in [0.5, 0.6) is 0 Å². The van der Waals surface area contributed by atoms with Gasteiger partial charge in [0, 0.05) is 0 Å². The average molecular weight is 222 g/mol. The number of aliphatic hydroxyl groups excluding tert-OH is 1. The average Bonchev–Trinajstić information content (AvgIpc) is 2.78. The van der Waals surface area contributed by atoms with Crippen molar-refractivity contribution in [1.29, 1.82) is 0 Å². The predicted molar refractivity (Wildman–Crippen MR) is 61.1 cm³/mol. The highest BCUT2D eigenvalue weighted by Gasteiger charge is 2.24. The topological polar surface area (TPSA) is 38.7 Å². The van der Waals surface area contributed by atoms with E-state index in [1.165, 1.54) is 5.56 Å². The van der Waals surface area contributed by atoms with Crippen LogP contribution in [0.3, 0.4) is 0 Å². The van der Waals surface area contributed by atoms with Crippen LogP contribution in [0.25, 0.3) is 0 Å². The summed E-state index contributed by atoms with van der Waals surface area (Å²) in [5.41, 5.74) is 1.18. The lowest BCUT2D eigenvalue weighted by Crippen LogP contribution is -2.18. The van der Waals surface area contributed by atoms with E-state index in [2.05, 4.69) is 0 Å². The lowest BCUT2D eigenvalue weighted by Gasteiger charge is -2.12. The van der Waals surface area contributed by atoms with Crippen LogP contribution in [0.15, 0.2) is 30.3 Å². The van der Waals surface area contributed by atoms with Crippen molar-refractivity contribution >= 4 is 0 Å². The van der Waals surface area contributed by atoms with Gasteiger partial charge in [0.2, 0.25) is 0 Å². The van der Waals surface area contributed by atoms with E-state index in [0.29, 0.717) is 13.2 Å². The van der Waals surface area contributed by atoms with Crippen molar-refractivity contribution in [2.75, 3.05) is 13.2 Å². The second kappa shape index (κ2) is 5.99. The smallest absolute Gasteiger partial charge is 0.0814 e. The van der Waals surface area contributed by atoms with Crippen molar-refractivity contribution in [2.24, 2.45) is 0 Å². The summed E-state index contributed by atoms with van der Waals surface area (Å²) in [7, 11) is 0. The second-order valence-corrected chi connectivity index (χ2v) is 4.14. The Bertz CT molecular complexity index is 299. The molecule has 0 spiro atoms. The summed E-state index contributed by atoms with van der Waals surface area (Å²) in [6.45, 7) is 1.37. The van der Waals surface area contributed by atoms with Crippen molar-refractivity contribution in [3.8, 4) is 0 Å². The highest BCUT2D eigenvalue weighted by Crippen LogP contribution is 2.19. The maximum absolute atomic E-state index is 8.92. The normalized spacial score (nSPS) is 24.8. The van der Waals surface area contributed by atoms with Gasteiger partial charge >= 0.3 is 0 Å². The van der Waals surface area contributed by atoms with Crippen LogP contribution in [-0.2, 0) is 16.1 Å². The molecule has 1 heterocycles. The minimum Gasteiger partial charge on any atom is -0.394 e. The monoisotopic (exact) mass is 222 g/mol. The molecular weight excluding hydrogens is 204 g/mol. The molecule has 1 aromatic carbocycles. The molecule has 0 amide bonds. The van der Waals surface area contributed by atoms with Gasteiger partial charge < -0.3 is 14.6 Å². The SMILES string of the molecule is OC[C@@H]1CC[C@H](COCc2ccccc2)O1. The third-order valence-corrected chi connectivity index (χ3v) is 2.81. The first-order chi connectivity index (χ1) is 7.88.